The Morgan fingerprint density at radius 3 is 2.56 bits per heavy atom. The molecule has 0 aliphatic rings. The molecule has 3 nitrogen and oxygen atoms in total. The lowest BCUT2D eigenvalue weighted by atomic mass is 10.0. The summed E-state index contributed by atoms with van der Waals surface area (Å²) in [7, 11) is 0. The van der Waals surface area contributed by atoms with Crippen molar-refractivity contribution in [1.82, 2.24) is 15.0 Å². The molecule has 0 aliphatic carbocycles. The highest BCUT2D eigenvalue weighted by Crippen LogP contribution is 2.34. The fourth-order valence-electron chi connectivity index (χ4n) is 2.81. The molecule has 0 saturated carbocycles. The molecule has 0 radical (unpaired) electrons. The highest BCUT2D eigenvalue weighted by molar-refractivity contribution is 7.98. The van der Waals surface area contributed by atoms with Gasteiger partial charge in [0.05, 0.1) is 17.5 Å². The zero-order chi connectivity index (χ0) is 17.4. The highest BCUT2D eigenvalue weighted by Gasteiger charge is 2.17. The topological polar surface area (TPSA) is 41.6 Å². The predicted molar refractivity (Wildman–Crippen MR) is 96.5 cm³/mol. The first kappa shape index (κ1) is 15.8. The van der Waals surface area contributed by atoms with Crippen LogP contribution in [0.5, 0.6) is 0 Å². The molecule has 0 amide bonds. The minimum atomic E-state index is -0.657. The van der Waals surface area contributed by atoms with E-state index in [2.05, 4.69) is 15.0 Å². The molecule has 6 heteroatoms. The number of halogens is 2. The van der Waals surface area contributed by atoms with Gasteiger partial charge in [-0.3, -0.25) is 0 Å². The largest absolute Gasteiger partial charge is 0.345 e. The number of aromatic amines is 1. The van der Waals surface area contributed by atoms with Gasteiger partial charge in [-0.2, -0.15) is 0 Å². The minimum Gasteiger partial charge on any atom is -0.345 e. The van der Waals surface area contributed by atoms with Crippen LogP contribution in [0.25, 0.3) is 33.5 Å². The van der Waals surface area contributed by atoms with Crippen molar-refractivity contribution in [3.05, 3.63) is 66.5 Å². The molecule has 0 atom stereocenters. The molecule has 25 heavy (non-hydrogen) atoms. The van der Waals surface area contributed by atoms with Crippen LogP contribution in [0.15, 0.2) is 59.8 Å². The fraction of sp³-hybridized carbons (Fsp3) is 0.0526. The number of benzene rings is 2. The molecule has 0 unspecified atom stereocenters. The first-order valence-electron chi connectivity index (χ1n) is 7.60. The zero-order valence-electron chi connectivity index (χ0n) is 13.3. The van der Waals surface area contributed by atoms with Crippen LogP contribution in [0.1, 0.15) is 0 Å². The SMILES string of the molecule is CSc1ccccc1-c1cc(F)c(-c2cnc3[nH]ccc3n2)c(F)c1. The molecule has 4 aromatic rings. The second-order valence-electron chi connectivity index (χ2n) is 5.48. The summed E-state index contributed by atoms with van der Waals surface area (Å²) in [6, 6.07) is 11.9. The van der Waals surface area contributed by atoms with Gasteiger partial charge in [-0.25, -0.2) is 18.7 Å². The molecular formula is C19H13F2N3S. The summed E-state index contributed by atoms with van der Waals surface area (Å²) >= 11 is 1.53. The van der Waals surface area contributed by atoms with Crippen molar-refractivity contribution in [3.63, 3.8) is 0 Å². The van der Waals surface area contributed by atoms with E-state index in [0.29, 0.717) is 16.7 Å². The first-order valence-corrected chi connectivity index (χ1v) is 8.83. The van der Waals surface area contributed by atoms with Gasteiger partial charge in [-0.05, 0) is 41.6 Å². The summed E-state index contributed by atoms with van der Waals surface area (Å²) in [5.74, 6) is -1.31. The van der Waals surface area contributed by atoms with Crippen LogP contribution in [0.3, 0.4) is 0 Å². The van der Waals surface area contributed by atoms with E-state index in [1.54, 1.807) is 12.3 Å². The van der Waals surface area contributed by atoms with Crippen molar-refractivity contribution in [2.45, 2.75) is 4.90 Å². The summed E-state index contributed by atoms with van der Waals surface area (Å²) in [5.41, 5.74) is 2.45. The third-order valence-corrected chi connectivity index (χ3v) is 4.77. The molecule has 0 spiro atoms. The maximum atomic E-state index is 14.7. The molecule has 124 valence electrons. The van der Waals surface area contributed by atoms with Crippen molar-refractivity contribution in [3.8, 4) is 22.4 Å². The van der Waals surface area contributed by atoms with Crippen LogP contribution in [0.2, 0.25) is 0 Å². The van der Waals surface area contributed by atoms with E-state index in [9.17, 15) is 8.78 Å². The molecule has 0 aliphatic heterocycles. The average Bonchev–Trinajstić information content (AvgIpc) is 3.09. The van der Waals surface area contributed by atoms with E-state index in [-0.39, 0.29) is 11.3 Å². The number of aromatic nitrogens is 3. The smallest absolute Gasteiger partial charge is 0.156 e. The van der Waals surface area contributed by atoms with Crippen molar-refractivity contribution in [2.75, 3.05) is 6.26 Å². The van der Waals surface area contributed by atoms with E-state index in [1.165, 1.54) is 30.1 Å². The molecule has 1 N–H and O–H groups in total. The van der Waals surface area contributed by atoms with Gasteiger partial charge in [0.25, 0.3) is 0 Å². The van der Waals surface area contributed by atoms with Gasteiger partial charge in [0.15, 0.2) is 5.65 Å². The predicted octanol–water partition coefficient (Wildman–Crippen LogP) is 5.29. The Labute approximate surface area is 147 Å². The van der Waals surface area contributed by atoms with Crippen LogP contribution >= 0.6 is 11.8 Å². The maximum absolute atomic E-state index is 14.7. The van der Waals surface area contributed by atoms with Gasteiger partial charge < -0.3 is 4.98 Å². The van der Waals surface area contributed by atoms with E-state index < -0.39 is 11.6 Å². The van der Waals surface area contributed by atoms with E-state index >= 15 is 0 Å². The van der Waals surface area contributed by atoms with Gasteiger partial charge in [-0.1, -0.05) is 18.2 Å². The number of nitrogens with one attached hydrogen (secondary N) is 1. The third kappa shape index (κ3) is 2.78. The van der Waals surface area contributed by atoms with Gasteiger partial charge in [0.2, 0.25) is 0 Å². The summed E-state index contributed by atoms with van der Waals surface area (Å²) in [5, 5.41) is 0. The van der Waals surface area contributed by atoms with Gasteiger partial charge in [0.1, 0.15) is 17.2 Å². The first-order chi connectivity index (χ1) is 12.2. The minimum absolute atomic E-state index is 0.166. The number of fused-ring (bicyclic) bond motifs is 1. The quantitative estimate of drug-likeness (QED) is 0.509. The Kier molecular flexibility index (Phi) is 3.97. The number of nitrogens with zero attached hydrogens (tertiary/aromatic N) is 2. The van der Waals surface area contributed by atoms with Crippen molar-refractivity contribution >= 4 is 22.9 Å². The highest BCUT2D eigenvalue weighted by atomic mass is 32.2. The Bertz CT molecular complexity index is 1050. The Morgan fingerprint density at radius 1 is 1.04 bits per heavy atom. The lowest BCUT2D eigenvalue weighted by Crippen LogP contribution is -1.96. The van der Waals surface area contributed by atoms with E-state index in [4.69, 9.17) is 0 Å². The maximum Gasteiger partial charge on any atom is 0.156 e. The Morgan fingerprint density at radius 2 is 1.80 bits per heavy atom. The molecular weight excluding hydrogens is 340 g/mol. The summed E-state index contributed by atoms with van der Waals surface area (Å²) in [6.07, 6.45) is 4.99. The van der Waals surface area contributed by atoms with Gasteiger partial charge >= 0.3 is 0 Å². The Balaban J connectivity index is 1.86. The lowest BCUT2D eigenvalue weighted by molar-refractivity contribution is 0.589. The average molecular weight is 353 g/mol. The van der Waals surface area contributed by atoms with Crippen LogP contribution in [0, 0.1) is 11.6 Å². The van der Waals surface area contributed by atoms with Gasteiger partial charge in [-0.15, -0.1) is 11.8 Å². The number of H-pyrrole nitrogens is 1. The van der Waals surface area contributed by atoms with Crippen molar-refractivity contribution < 1.29 is 8.78 Å². The molecule has 2 heterocycles. The summed E-state index contributed by atoms with van der Waals surface area (Å²) in [6.45, 7) is 0. The molecule has 2 aromatic carbocycles. The lowest BCUT2D eigenvalue weighted by Gasteiger charge is -2.11. The van der Waals surface area contributed by atoms with Crippen LogP contribution in [-0.2, 0) is 0 Å². The number of rotatable bonds is 3. The van der Waals surface area contributed by atoms with Crippen molar-refractivity contribution in [2.24, 2.45) is 0 Å². The third-order valence-electron chi connectivity index (χ3n) is 3.98. The molecule has 0 bridgehead atoms. The normalized spacial score (nSPS) is 11.2. The molecule has 4 rings (SSSR count). The summed E-state index contributed by atoms with van der Waals surface area (Å²) in [4.78, 5) is 12.3. The van der Waals surface area contributed by atoms with Crippen LogP contribution in [0.4, 0.5) is 8.78 Å². The van der Waals surface area contributed by atoms with Crippen molar-refractivity contribution in [1.29, 1.82) is 0 Å². The summed E-state index contributed by atoms with van der Waals surface area (Å²) < 4.78 is 29.4. The fourth-order valence-corrected chi connectivity index (χ4v) is 3.43. The van der Waals surface area contributed by atoms with E-state index in [1.807, 2.05) is 30.5 Å². The Hall–Kier alpha value is -2.73. The number of hydrogen-bond donors (Lipinski definition) is 1. The standard InChI is InChI=1S/C19H13F2N3S/c1-25-17-5-3-2-4-12(17)11-8-13(20)18(14(21)9-11)16-10-23-19-15(24-16)6-7-22-19/h2-10H,1H3,(H,22,23). The zero-order valence-corrected chi connectivity index (χ0v) is 14.1. The number of hydrogen-bond acceptors (Lipinski definition) is 3. The van der Waals surface area contributed by atoms with E-state index in [0.717, 1.165) is 10.5 Å². The van der Waals surface area contributed by atoms with Crippen LogP contribution in [-0.4, -0.2) is 21.2 Å². The monoisotopic (exact) mass is 353 g/mol. The van der Waals surface area contributed by atoms with Gasteiger partial charge in [0, 0.05) is 11.1 Å². The number of thioether (sulfide) groups is 1. The molecule has 2 aromatic heterocycles. The second-order valence-corrected chi connectivity index (χ2v) is 6.33. The van der Waals surface area contributed by atoms with Crippen LogP contribution < -0.4 is 0 Å². The second kappa shape index (κ2) is 6.29. The molecule has 0 fully saturated rings. The molecule has 0 saturated heterocycles.